The molecule has 126 valence electrons. The number of rotatable bonds is 6. The molecule has 1 aromatic rings. The maximum atomic E-state index is 12.1. The SMILES string of the molecule is CCOc1cc2c(cc1CNC(=O)CC1CCCN1)OC(C)C2. The van der Waals surface area contributed by atoms with Crippen LogP contribution in [0.5, 0.6) is 11.5 Å². The highest BCUT2D eigenvalue weighted by molar-refractivity contribution is 5.76. The lowest BCUT2D eigenvalue weighted by Gasteiger charge is -2.14. The van der Waals surface area contributed by atoms with E-state index in [0.29, 0.717) is 25.6 Å². The number of benzene rings is 1. The number of fused-ring (bicyclic) bond motifs is 1. The Kier molecular flexibility index (Phi) is 5.06. The highest BCUT2D eigenvalue weighted by atomic mass is 16.5. The Hall–Kier alpha value is -1.75. The van der Waals surface area contributed by atoms with Crippen molar-refractivity contribution in [2.45, 2.75) is 58.2 Å². The summed E-state index contributed by atoms with van der Waals surface area (Å²) in [6.07, 6.45) is 3.91. The predicted octanol–water partition coefficient (Wildman–Crippen LogP) is 2.17. The molecule has 3 rings (SSSR count). The van der Waals surface area contributed by atoms with Crippen LogP contribution in [0.25, 0.3) is 0 Å². The number of carbonyl (C=O) groups is 1. The fraction of sp³-hybridized carbons (Fsp3) is 0.611. The lowest BCUT2D eigenvalue weighted by atomic mass is 10.1. The highest BCUT2D eigenvalue weighted by Gasteiger charge is 2.22. The second kappa shape index (κ2) is 7.21. The van der Waals surface area contributed by atoms with Gasteiger partial charge < -0.3 is 20.1 Å². The standard InChI is InChI=1S/C18H26N2O3/c1-3-22-16-8-13-7-12(2)23-17(13)9-14(16)11-20-18(21)10-15-5-4-6-19-15/h8-9,12,15,19H,3-7,10-11H2,1-2H3,(H,20,21). The van der Waals surface area contributed by atoms with E-state index >= 15 is 0 Å². The molecule has 2 atom stereocenters. The molecule has 0 saturated carbocycles. The Bertz CT molecular complexity index is 568. The van der Waals surface area contributed by atoms with E-state index in [0.717, 1.165) is 42.9 Å². The number of ether oxygens (including phenoxy) is 2. The molecule has 2 N–H and O–H groups in total. The normalized spacial score (nSPS) is 22.5. The van der Waals surface area contributed by atoms with Crippen LogP contribution >= 0.6 is 0 Å². The van der Waals surface area contributed by atoms with Crippen molar-refractivity contribution in [1.82, 2.24) is 10.6 Å². The van der Waals surface area contributed by atoms with Gasteiger partial charge in [-0.2, -0.15) is 0 Å². The zero-order valence-corrected chi connectivity index (χ0v) is 14.0. The third-order valence-electron chi connectivity index (χ3n) is 4.45. The summed E-state index contributed by atoms with van der Waals surface area (Å²) in [6, 6.07) is 4.39. The molecular formula is C18H26N2O3. The smallest absolute Gasteiger partial charge is 0.221 e. The first-order chi connectivity index (χ1) is 11.2. The summed E-state index contributed by atoms with van der Waals surface area (Å²) in [5.74, 6) is 1.85. The van der Waals surface area contributed by atoms with E-state index in [4.69, 9.17) is 9.47 Å². The fourth-order valence-corrected chi connectivity index (χ4v) is 3.33. The van der Waals surface area contributed by atoms with E-state index in [9.17, 15) is 4.79 Å². The summed E-state index contributed by atoms with van der Waals surface area (Å²) < 4.78 is 11.6. The van der Waals surface area contributed by atoms with Gasteiger partial charge in [0.2, 0.25) is 5.91 Å². The molecule has 0 bridgehead atoms. The van der Waals surface area contributed by atoms with E-state index in [2.05, 4.69) is 23.6 Å². The fourth-order valence-electron chi connectivity index (χ4n) is 3.33. The summed E-state index contributed by atoms with van der Waals surface area (Å²) in [6.45, 7) is 6.15. The van der Waals surface area contributed by atoms with Gasteiger partial charge in [0, 0.05) is 36.6 Å². The van der Waals surface area contributed by atoms with Crippen molar-refractivity contribution >= 4 is 5.91 Å². The van der Waals surface area contributed by atoms with Gasteiger partial charge in [-0.15, -0.1) is 0 Å². The molecule has 2 aliphatic rings. The van der Waals surface area contributed by atoms with E-state index in [-0.39, 0.29) is 12.0 Å². The summed E-state index contributed by atoms with van der Waals surface area (Å²) >= 11 is 0. The number of hydrogen-bond donors (Lipinski definition) is 2. The second-order valence-electron chi connectivity index (χ2n) is 6.41. The van der Waals surface area contributed by atoms with Crippen LogP contribution in [0.15, 0.2) is 12.1 Å². The summed E-state index contributed by atoms with van der Waals surface area (Å²) in [4.78, 5) is 12.1. The van der Waals surface area contributed by atoms with Gasteiger partial charge in [0.1, 0.15) is 17.6 Å². The number of hydrogen-bond acceptors (Lipinski definition) is 4. The van der Waals surface area contributed by atoms with Crippen LogP contribution in [0, 0.1) is 0 Å². The Labute approximate surface area is 137 Å². The topological polar surface area (TPSA) is 59.6 Å². The first-order valence-electron chi connectivity index (χ1n) is 8.61. The Morgan fingerprint density at radius 2 is 2.35 bits per heavy atom. The van der Waals surface area contributed by atoms with Crippen LogP contribution in [0.1, 0.15) is 44.2 Å². The van der Waals surface area contributed by atoms with Gasteiger partial charge in [-0.3, -0.25) is 4.79 Å². The Morgan fingerprint density at radius 1 is 1.48 bits per heavy atom. The molecule has 5 nitrogen and oxygen atoms in total. The zero-order chi connectivity index (χ0) is 16.2. The van der Waals surface area contributed by atoms with Gasteiger partial charge in [-0.25, -0.2) is 0 Å². The molecular weight excluding hydrogens is 292 g/mol. The molecule has 0 aromatic heterocycles. The van der Waals surface area contributed by atoms with Gasteiger partial charge in [0.15, 0.2) is 0 Å². The molecule has 1 saturated heterocycles. The molecule has 0 spiro atoms. The predicted molar refractivity (Wildman–Crippen MR) is 88.9 cm³/mol. The first kappa shape index (κ1) is 16.1. The van der Waals surface area contributed by atoms with E-state index in [1.165, 1.54) is 5.56 Å². The molecule has 1 amide bonds. The summed E-state index contributed by atoms with van der Waals surface area (Å²) in [5.41, 5.74) is 2.17. The van der Waals surface area contributed by atoms with Crippen LogP contribution in [0.4, 0.5) is 0 Å². The summed E-state index contributed by atoms with van der Waals surface area (Å²) in [7, 11) is 0. The van der Waals surface area contributed by atoms with Crippen LogP contribution in [0.3, 0.4) is 0 Å². The lowest BCUT2D eigenvalue weighted by molar-refractivity contribution is -0.121. The molecule has 23 heavy (non-hydrogen) atoms. The van der Waals surface area contributed by atoms with Crippen molar-refractivity contribution < 1.29 is 14.3 Å². The maximum absolute atomic E-state index is 12.1. The molecule has 1 aromatic carbocycles. The third-order valence-corrected chi connectivity index (χ3v) is 4.45. The minimum atomic E-state index is 0.0848. The van der Waals surface area contributed by atoms with Crippen LogP contribution < -0.4 is 20.1 Å². The van der Waals surface area contributed by atoms with Gasteiger partial charge in [0.25, 0.3) is 0 Å². The van der Waals surface area contributed by atoms with Crippen molar-refractivity contribution in [2.24, 2.45) is 0 Å². The lowest BCUT2D eigenvalue weighted by Crippen LogP contribution is -2.31. The first-order valence-corrected chi connectivity index (χ1v) is 8.61. The molecule has 2 aliphatic heterocycles. The van der Waals surface area contributed by atoms with Crippen LogP contribution in [-0.4, -0.2) is 31.2 Å². The molecule has 1 fully saturated rings. The molecule has 0 radical (unpaired) electrons. The van der Waals surface area contributed by atoms with E-state index in [1.807, 2.05) is 13.0 Å². The zero-order valence-electron chi connectivity index (χ0n) is 14.0. The average Bonchev–Trinajstić information content (AvgIpc) is 3.13. The number of carbonyl (C=O) groups excluding carboxylic acids is 1. The van der Waals surface area contributed by atoms with E-state index in [1.54, 1.807) is 0 Å². The van der Waals surface area contributed by atoms with Crippen molar-refractivity contribution in [3.8, 4) is 11.5 Å². The Morgan fingerprint density at radius 3 is 3.09 bits per heavy atom. The van der Waals surface area contributed by atoms with Gasteiger partial charge >= 0.3 is 0 Å². The Balaban J connectivity index is 1.64. The van der Waals surface area contributed by atoms with E-state index < -0.39 is 0 Å². The monoisotopic (exact) mass is 318 g/mol. The van der Waals surface area contributed by atoms with Gasteiger partial charge in [-0.1, -0.05) is 0 Å². The molecule has 5 heteroatoms. The summed E-state index contributed by atoms with van der Waals surface area (Å²) in [5, 5.41) is 6.36. The van der Waals surface area contributed by atoms with Crippen molar-refractivity contribution in [3.05, 3.63) is 23.3 Å². The maximum Gasteiger partial charge on any atom is 0.221 e. The van der Waals surface area contributed by atoms with Crippen LogP contribution in [-0.2, 0) is 17.8 Å². The largest absolute Gasteiger partial charge is 0.494 e. The van der Waals surface area contributed by atoms with Crippen molar-refractivity contribution in [2.75, 3.05) is 13.2 Å². The minimum absolute atomic E-state index is 0.0848. The quantitative estimate of drug-likeness (QED) is 0.844. The third kappa shape index (κ3) is 3.96. The van der Waals surface area contributed by atoms with Crippen molar-refractivity contribution in [3.63, 3.8) is 0 Å². The number of amides is 1. The average molecular weight is 318 g/mol. The van der Waals surface area contributed by atoms with Gasteiger partial charge in [-0.05, 0) is 45.4 Å². The highest BCUT2D eigenvalue weighted by Crippen LogP contribution is 2.35. The van der Waals surface area contributed by atoms with Crippen molar-refractivity contribution in [1.29, 1.82) is 0 Å². The molecule has 2 heterocycles. The van der Waals surface area contributed by atoms with Gasteiger partial charge in [0.05, 0.1) is 6.61 Å². The number of nitrogens with one attached hydrogen (secondary N) is 2. The minimum Gasteiger partial charge on any atom is -0.494 e. The molecule has 0 aliphatic carbocycles. The van der Waals surface area contributed by atoms with Crippen LogP contribution in [0.2, 0.25) is 0 Å². The second-order valence-corrected chi connectivity index (χ2v) is 6.41. The molecule has 2 unspecified atom stereocenters.